The van der Waals surface area contributed by atoms with Crippen LogP contribution in [-0.4, -0.2) is 6.29 Å². The summed E-state index contributed by atoms with van der Waals surface area (Å²) in [5.41, 5.74) is 0.470. The molecule has 0 N–H and O–H groups in total. The molecule has 0 saturated heterocycles. The van der Waals surface area contributed by atoms with Crippen LogP contribution in [0.25, 0.3) is 0 Å². The number of carbonyl (C=O) groups is 1. The van der Waals surface area contributed by atoms with Crippen molar-refractivity contribution < 1.29 is 4.79 Å². The zero-order chi connectivity index (χ0) is 11.1. The van der Waals surface area contributed by atoms with Crippen molar-refractivity contribution in [3.63, 3.8) is 0 Å². The molecule has 2 fully saturated rings. The Balaban J connectivity index is 2.20. The molecule has 15 heavy (non-hydrogen) atoms. The van der Waals surface area contributed by atoms with Crippen molar-refractivity contribution in [1.29, 1.82) is 0 Å². The first kappa shape index (κ1) is 11.2. The fourth-order valence-corrected chi connectivity index (χ4v) is 4.56. The average molecular weight is 208 g/mol. The zero-order valence-electron chi connectivity index (χ0n) is 10.3. The van der Waals surface area contributed by atoms with Crippen LogP contribution >= 0.6 is 0 Å². The number of hydrogen-bond donors (Lipinski definition) is 0. The summed E-state index contributed by atoms with van der Waals surface area (Å²) in [6, 6.07) is 0. The summed E-state index contributed by atoms with van der Waals surface area (Å²) in [6.07, 6.45) is 7.95. The van der Waals surface area contributed by atoms with Crippen LogP contribution in [0.4, 0.5) is 0 Å². The molecule has 0 heterocycles. The van der Waals surface area contributed by atoms with Gasteiger partial charge in [-0.2, -0.15) is 0 Å². The van der Waals surface area contributed by atoms with Gasteiger partial charge < -0.3 is 4.79 Å². The highest BCUT2D eigenvalue weighted by atomic mass is 16.1. The Morgan fingerprint density at radius 1 is 1.33 bits per heavy atom. The Hall–Kier alpha value is -0.330. The Morgan fingerprint density at radius 3 is 2.73 bits per heavy atom. The second kappa shape index (κ2) is 3.92. The standard InChI is InChI=1S/C14H24O/c1-10-5-4-8-14(3)12(10)6-7-13(14)11(2)9-15/h9-13H,4-8H2,1-3H3/t10-,11+,12-,13+,14-/m0/s1. The van der Waals surface area contributed by atoms with Gasteiger partial charge in [0.1, 0.15) is 6.29 Å². The largest absolute Gasteiger partial charge is 0.303 e. The molecule has 2 aliphatic rings. The first-order valence-corrected chi connectivity index (χ1v) is 6.55. The number of hydrogen-bond acceptors (Lipinski definition) is 1. The summed E-state index contributed by atoms with van der Waals surface area (Å²) in [5, 5.41) is 0. The van der Waals surface area contributed by atoms with E-state index in [0.717, 1.165) is 11.8 Å². The maximum absolute atomic E-state index is 11.0. The summed E-state index contributed by atoms with van der Waals surface area (Å²) in [6.45, 7) is 6.98. The van der Waals surface area contributed by atoms with Gasteiger partial charge in [0, 0.05) is 5.92 Å². The van der Waals surface area contributed by atoms with Gasteiger partial charge in [-0.15, -0.1) is 0 Å². The quantitative estimate of drug-likeness (QED) is 0.633. The molecular weight excluding hydrogens is 184 g/mol. The number of rotatable bonds is 2. The van der Waals surface area contributed by atoms with Gasteiger partial charge >= 0.3 is 0 Å². The molecule has 0 bridgehead atoms. The summed E-state index contributed by atoms with van der Waals surface area (Å²) in [5.74, 6) is 2.69. The van der Waals surface area contributed by atoms with E-state index in [0.29, 0.717) is 11.3 Å². The molecule has 0 radical (unpaired) electrons. The van der Waals surface area contributed by atoms with Crippen molar-refractivity contribution in [2.24, 2.45) is 29.1 Å². The molecule has 0 aromatic rings. The van der Waals surface area contributed by atoms with Gasteiger partial charge in [-0.1, -0.05) is 33.6 Å². The lowest BCUT2D eigenvalue weighted by atomic mass is 9.60. The van der Waals surface area contributed by atoms with Gasteiger partial charge in [0.05, 0.1) is 0 Å². The molecule has 2 saturated carbocycles. The fourth-order valence-electron chi connectivity index (χ4n) is 4.56. The van der Waals surface area contributed by atoms with Gasteiger partial charge in [-0.25, -0.2) is 0 Å². The van der Waals surface area contributed by atoms with Crippen molar-refractivity contribution in [3.05, 3.63) is 0 Å². The molecular formula is C14H24O. The Labute approximate surface area is 93.6 Å². The van der Waals surface area contributed by atoms with E-state index in [9.17, 15) is 4.79 Å². The van der Waals surface area contributed by atoms with E-state index >= 15 is 0 Å². The molecule has 0 aliphatic heterocycles. The Bertz CT molecular complexity index is 248. The molecule has 1 heteroatoms. The maximum Gasteiger partial charge on any atom is 0.123 e. The SMILES string of the molecule is C[C@H](C=O)[C@H]1CC[C@H]2[C@@H](C)CCC[C@]12C. The molecule has 0 spiro atoms. The third-order valence-corrected chi connectivity index (χ3v) is 5.39. The van der Waals surface area contributed by atoms with E-state index in [2.05, 4.69) is 20.8 Å². The van der Waals surface area contributed by atoms with E-state index in [1.807, 2.05) is 0 Å². The minimum atomic E-state index is 0.269. The van der Waals surface area contributed by atoms with Gasteiger partial charge in [-0.05, 0) is 42.4 Å². The molecule has 0 aromatic carbocycles. The minimum absolute atomic E-state index is 0.269. The molecule has 2 aliphatic carbocycles. The molecule has 0 amide bonds. The third-order valence-electron chi connectivity index (χ3n) is 5.39. The van der Waals surface area contributed by atoms with Crippen LogP contribution in [0.15, 0.2) is 0 Å². The van der Waals surface area contributed by atoms with E-state index < -0.39 is 0 Å². The van der Waals surface area contributed by atoms with E-state index in [-0.39, 0.29) is 5.92 Å². The highest BCUT2D eigenvalue weighted by Crippen LogP contribution is 2.59. The lowest BCUT2D eigenvalue weighted by Crippen LogP contribution is -2.38. The van der Waals surface area contributed by atoms with Crippen molar-refractivity contribution in [1.82, 2.24) is 0 Å². The predicted molar refractivity (Wildman–Crippen MR) is 62.6 cm³/mol. The second-order valence-electron chi connectivity index (χ2n) is 6.16. The topological polar surface area (TPSA) is 17.1 Å². The normalized spacial score (nSPS) is 47.3. The number of aldehydes is 1. The van der Waals surface area contributed by atoms with Crippen molar-refractivity contribution in [3.8, 4) is 0 Å². The van der Waals surface area contributed by atoms with Crippen LogP contribution in [0.3, 0.4) is 0 Å². The first-order valence-electron chi connectivity index (χ1n) is 6.55. The number of carbonyl (C=O) groups excluding carboxylic acids is 1. The summed E-state index contributed by atoms with van der Waals surface area (Å²) in [4.78, 5) is 11.0. The highest BCUT2D eigenvalue weighted by molar-refractivity contribution is 5.53. The van der Waals surface area contributed by atoms with Crippen LogP contribution in [0.2, 0.25) is 0 Å². The van der Waals surface area contributed by atoms with Crippen molar-refractivity contribution >= 4 is 6.29 Å². The van der Waals surface area contributed by atoms with Gasteiger partial charge in [0.25, 0.3) is 0 Å². The van der Waals surface area contributed by atoms with Crippen LogP contribution < -0.4 is 0 Å². The van der Waals surface area contributed by atoms with Gasteiger partial charge in [0.2, 0.25) is 0 Å². The van der Waals surface area contributed by atoms with Crippen LogP contribution in [0, 0.1) is 29.1 Å². The third kappa shape index (κ3) is 1.64. The zero-order valence-corrected chi connectivity index (χ0v) is 10.3. The highest BCUT2D eigenvalue weighted by Gasteiger charge is 2.51. The van der Waals surface area contributed by atoms with Crippen LogP contribution in [-0.2, 0) is 4.79 Å². The predicted octanol–water partition coefficient (Wildman–Crippen LogP) is 3.67. The summed E-state index contributed by atoms with van der Waals surface area (Å²) in [7, 11) is 0. The summed E-state index contributed by atoms with van der Waals surface area (Å²) >= 11 is 0. The van der Waals surface area contributed by atoms with Crippen LogP contribution in [0.1, 0.15) is 52.9 Å². The van der Waals surface area contributed by atoms with E-state index in [1.54, 1.807) is 0 Å². The Kier molecular flexibility index (Phi) is 2.92. The van der Waals surface area contributed by atoms with Crippen molar-refractivity contribution in [2.75, 3.05) is 0 Å². The minimum Gasteiger partial charge on any atom is -0.303 e. The fraction of sp³-hybridized carbons (Fsp3) is 0.929. The van der Waals surface area contributed by atoms with E-state index in [1.165, 1.54) is 38.4 Å². The molecule has 86 valence electrons. The molecule has 2 rings (SSSR count). The molecule has 1 nitrogen and oxygen atoms in total. The smallest absolute Gasteiger partial charge is 0.123 e. The Morgan fingerprint density at radius 2 is 2.07 bits per heavy atom. The monoisotopic (exact) mass is 208 g/mol. The molecule has 5 atom stereocenters. The average Bonchev–Trinajstić information content (AvgIpc) is 2.56. The maximum atomic E-state index is 11.0. The first-order chi connectivity index (χ1) is 7.09. The molecule has 0 aromatic heterocycles. The lowest BCUT2D eigenvalue weighted by Gasteiger charge is -2.45. The lowest BCUT2D eigenvalue weighted by molar-refractivity contribution is -0.114. The molecule has 0 unspecified atom stereocenters. The second-order valence-corrected chi connectivity index (χ2v) is 6.16. The van der Waals surface area contributed by atoms with Crippen molar-refractivity contribution in [2.45, 2.75) is 52.9 Å². The van der Waals surface area contributed by atoms with E-state index in [4.69, 9.17) is 0 Å². The van der Waals surface area contributed by atoms with Gasteiger partial charge in [0.15, 0.2) is 0 Å². The number of fused-ring (bicyclic) bond motifs is 1. The van der Waals surface area contributed by atoms with Gasteiger partial charge in [-0.3, -0.25) is 0 Å². The summed E-state index contributed by atoms with van der Waals surface area (Å²) < 4.78 is 0. The van der Waals surface area contributed by atoms with Crippen LogP contribution in [0.5, 0.6) is 0 Å².